The Balaban J connectivity index is 1.30. The van der Waals surface area contributed by atoms with Crippen LogP contribution in [-0.2, 0) is 4.74 Å². The zero-order valence-corrected chi connectivity index (χ0v) is 20.6. The summed E-state index contributed by atoms with van der Waals surface area (Å²) in [6.07, 6.45) is 7.70. The molecule has 1 saturated carbocycles. The van der Waals surface area contributed by atoms with Crippen LogP contribution in [0.15, 0.2) is 36.7 Å². The summed E-state index contributed by atoms with van der Waals surface area (Å²) in [7, 11) is 0. The van der Waals surface area contributed by atoms with Gasteiger partial charge in [-0.25, -0.2) is 23.7 Å². The third-order valence-corrected chi connectivity index (χ3v) is 7.90. The number of rotatable bonds is 5. The van der Waals surface area contributed by atoms with Gasteiger partial charge in [0.15, 0.2) is 5.65 Å². The molecule has 0 radical (unpaired) electrons. The Morgan fingerprint density at radius 2 is 1.89 bits per heavy atom. The van der Waals surface area contributed by atoms with Crippen LogP contribution < -0.4 is 5.32 Å². The minimum atomic E-state index is -0.643. The fourth-order valence-corrected chi connectivity index (χ4v) is 5.49. The molecule has 5 heterocycles. The first-order valence-corrected chi connectivity index (χ1v) is 13.0. The van der Waals surface area contributed by atoms with Crippen LogP contribution >= 0.6 is 0 Å². The molecule has 2 atom stereocenters. The highest BCUT2D eigenvalue weighted by atomic mass is 19.1. The molecule has 190 valence electrons. The third-order valence-electron chi connectivity index (χ3n) is 7.90. The highest BCUT2D eigenvalue weighted by Gasteiger charge is 2.31. The average molecular weight is 503 g/mol. The standard InChI is InChI=1S/C28H28F2N6O/c1-15-22(17-11-31-12-17)10-23-26(21-5-2-19(29)9-24(21)30)34-27(35-28(23)33-15)16-6-7-37-25(8-16)18-13-32-36(14-18)20-3-4-20/h2,5,9-10,13-14,16-17,20,25,31H,3-4,6-8,11-12H2,1H3/t16-,25-/m0/s1. The molecule has 0 amide bonds. The maximum atomic E-state index is 15.0. The Morgan fingerprint density at radius 1 is 1.03 bits per heavy atom. The van der Waals surface area contributed by atoms with E-state index in [1.165, 1.54) is 25.0 Å². The summed E-state index contributed by atoms with van der Waals surface area (Å²) in [5, 5.41) is 8.51. The predicted octanol–water partition coefficient (Wildman–Crippen LogP) is 5.13. The maximum absolute atomic E-state index is 15.0. The molecule has 37 heavy (non-hydrogen) atoms. The normalized spacial score (nSPS) is 22.4. The number of aromatic nitrogens is 5. The van der Waals surface area contributed by atoms with E-state index < -0.39 is 11.6 Å². The minimum absolute atomic E-state index is 0.0206. The number of nitrogens with zero attached hydrogens (tertiary/aromatic N) is 5. The molecule has 4 aromatic rings. The van der Waals surface area contributed by atoms with Crippen molar-refractivity contribution in [2.24, 2.45) is 0 Å². The van der Waals surface area contributed by atoms with E-state index in [0.717, 1.165) is 42.4 Å². The zero-order valence-electron chi connectivity index (χ0n) is 20.6. The van der Waals surface area contributed by atoms with E-state index in [1.807, 2.05) is 23.9 Å². The molecule has 0 unspecified atom stereocenters. The molecule has 3 aliphatic rings. The van der Waals surface area contributed by atoms with E-state index in [4.69, 9.17) is 19.7 Å². The van der Waals surface area contributed by atoms with Gasteiger partial charge in [-0.15, -0.1) is 0 Å². The summed E-state index contributed by atoms with van der Waals surface area (Å²) in [4.78, 5) is 14.7. The van der Waals surface area contributed by atoms with Crippen molar-refractivity contribution in [3.05, 3.63) is 70.9 Å². The molecule has 3 aromatic heterocycles. The Bertz CT molecular complexity index is 1500. The summed E-state index contributed by atoms with van der Waals surface area (Å²) in [6.45, 7) is 4.34. The van der Waals surface area contributed by atoms with E-state index in [0.29, 0.717) is 47.5 Å². The molecule has 0 spiro atoms. The molecule has 3 fully saturated rings. The quantitative estimate of drug-likeness (QED) is 0.408. The van der Waals surface area contributed by atoms with Gasteiger partial charge in [0.2, 0.25) is 0 Å². The van der Waals surface area contributed by atoms with Crippen LogP contribution in [0.25, 0.3) is 22.3 Å². The summed E-state index contributed by atoms with van der Waals surface area (Å²) < 4.78 is 37.0. The monoisotopic (exact) mass is 502 g/mol. The van der Waals surface area contributed by atoms with Gasteiger partial charge < -0.3 is 10.1 Å². The van der Waals surface area contributed by atoms with Gasteiger partial charge in [0.25, 0.3) is 0 Å². The molecule has 2 saturated heterocycles. The molecular formula is C28H28F2N6O. The molecule has 0 bridgehead atoms. The molecular weight excluding hydrogens is 474 g/mol. The van der Waals surface area contributed by atoms with Crippen molar-refractivity contribution in [3.8, 4) is 11.3 Å². The number of halogens is 2. The van der Waals surface area contributed by atoms with E-state index in [-0.39, 0.29) is 17.6 Å². The van der Waals surface area contributed by atoms with Crippen LogP contribution in [0.4, 0.5) is 8.78 Å². The van der Waals surface area contributed by atoms with Gasteiger partial charge in [-0.2, -0.15) is 5.10 Å². The van der Waals surface area contributed by atoms with Gasteiger partial charge in [-0.05, 0) is 56.4 Å². The van der Waals surface area contributed by atoms with Gasteiger partial charge >= 0.3 is 0 Å². The summed E-state index contributed by atoms with van der Waals surface area (Å²) in [6, 6.07) is 6.19. The number of hydrogen-bond donors (Lipinski definition) is 1. The lowest BCUT2D eigenvalue weighted by Crippen LogP contribution is -2.40. The minimum Gasteiger partial charge on any atom is -0.373 e. The van der Waals surface area contributed by atoms with Gasteiger partial charge in [0.1, 0.15) is 17.5 Å². The first-order chi connectivity index (χ1) is 18.0. The second-order valence-corrected chi connectivity index (χ2v) is 10.5. The zero-order chi connectivity index (χ0) is 25.1. The van der Waals surface area contributed by atoms with Crippen molar-refractivity contribution in [1.29, 1.82) is 0 Å². The SMILES string of the molecule is Cc1nc2nc([C@H]3CCO[C@H](c4cnn(C5CC5)c4)C3)nc(-c3ccc(F)cc3F)c2cc1C1CNC1. The van der Waals surface area contributed by atoms with E-state index in [1.54, 1.807) is 0 Å². The van der Waals surface area contributed by atoms with E-state index >= 15 is 4.39 Å². The highest BCUT2D eigenvalue weighted by Crippen LogP contribution is 2.40. The number of ether oxygens (including phenoxy) is 1. The van der Waals surface area contributed by atoms with E-state index in [2.05, 4.69) is 16.6 Å². The van der Waals surface area contributed by atoms with Crippen LogP contribution in [0.3, 0.4) is 0 Å². The Hall–Kier alpha value is -3.30. The maximum Gasteiger partial charge on any atom is 0.163 e. The van der Waals surface area contributed by atoms with Gasteiger partial charge in [-0.1, -0.05) is 0 Å². The first-order valence-electron chi connectivity index (χ1n) is 13.0. The number of aryl methyl sites for hydroxylation is 1. The summed E-state index contributed by atoms with van der Waals surface area (Å²) >= 11 is 0. The average Bonchev–Trinajstić information content (AvgIpc) is 3.59. The van der Waals surface area contributed by atoms with Crippen LogP contribution in [0, 0.1) is 18.6 Å². The Labute approximate surface area is 213 Å². The predicted molar refractivity (Wildman–Crippen MR) is 134 cm³/mol. The lowest BCUT2D eigenvalue weighted by atomic mass is 9.90. The van der Waals surface area contributed by atoms with Gasteiger partial charge in [-0.3, -0.25) is 4.68 Å². The first kappa shape index (κ1) is 22.9. The smallest absolute Gasteiger partial charge is 0.163 e. The van der Waals surface area contributed by atoms with Crippen molar-refractivity contribution in [1.82, 2.24) is 30.0 Å². The van der Waals surface area contributed by atoms with Crippen molar-refractivity contribution >= 4 is 11.0 Å². The second-order valence-electron chi connectivity index (χ2n) is 10.5. The molecule has 1 aliphatic carbocycles. The number of hydrogen-bond acceptors (Lipinski definition) is 6. The second kappa shape index (κ2) is 8.92. The summed E-state index contributed by atoms with van der Waals surface area (Å²) in [5.41, 5.74) is 4.37. The number of fused-ring (bicyclic) bond motifs is 1. The van der Waals surface area contributed by atoms with Crippen molar-refractivity contribution in [2.45, 2.75) is 56.6 Å². The van der Waals surface area contributed by atoms with Gasteiger partial charge in [0.05, 0.1) is 24.0 Å². The molecule has 1 N–H and O–H groups in total. The molecule has 7 rings (SSSR count). The lowest BCUT2D eigenvalue weighted by Gasteiger charge is -2.29. The van der Waals surface area contributed by atoms with Crippen LogP contribution in [0.1, 0.15) is 72.3 Å². The topological polar surface area (TPSA) is 77.8 Å². The number of benzene rings is 1. The molecule has 9 heteroatoms. The largest absolute Gasteiger partial charge is 0.373 e. The third kappa shape index (κ3) is 4.20. The lowest BCUT2D eigenvalue weighted by molar-refractivity contribution is 0.00396. The number of pyridine rings is 1. The fourth-order valence-electron chi connectivity index (χ4n) is 5.49. The van der Waals surface area contributed by atoms with Crippen LogP contribution in [0.5, 0.6) is 0 Å². The van der Waals surface area contributed by atoms with E-state index in [9.17, 15) is 4.39 Å². The van der Waals surface area contributed by atoms with Crippen molar-refractivity contribution < 1.29 is 13.5 Å². The Morgan fingerprint density at radius 3 is 2.65 bits per heavy atom. The fraction of sp³-hybridized carbons (Fsp3) is 0.429. The molecule has 7 nitrogen and oxygen atoms in total. The molecule has 1 aromatic carbocycles. The van der Waals surface area contributed by atoms with Gasteiger partial charge in [0, 0.05) is 66.0 Å². The van der Waals surface area contributed by atoms with Crippen molar-refractivity contribution in [2.75, 3.05) is 19.7 Å². The number of nitrogens with one attached hydrogen (secondary N) is 1. The molecule has 2 aliphatic heterocycles. The Kier molecular flexibility index (Phi) is 5.51. The van der Waals surface area contributed by atoms with Crippen LogP contribution in [0.2, 0.25) is 0 Å². The van der Waals surface area contributed by atoms with Crippen LogP contribution in [-0.4, -0.2) is 44.4 Å². The summed E-state index contributed by atoms with van der Waals surface area (Å²) in [5.74, 6) is -0.258. The highest BCUT2D eigenvalue weighted by molar-refractivity contribution is 5.91. The van der Waals surface area contributed by atoms with Crippen molar-refractivity contribution in [3.63, 3.8) is 0 Å².